The molecule has 0 radical (unpaired) electrons. The van der Waals surface area contributed by atoms with Gasteiger partial charge in [0.25, 0.3) is 0 Å². The van der Waals surface area contributed by atoms with Crippen LogP contribution in [-0.2, 0) is 0 Å². The van der Waals surface area contributed by atoms with E-state index >= 15 is 0 Å². The Bertz CT molecular complexity index is 270. The van der Waals surface area contributed by atoms with Gasteiger partial charge >= 0.3 is 0 Å². The normalized spacial score (nSPS) is 23.4. The summed E-state index contributed by atoms with van der Waals surface area (Å²) >= 11 is 0. The lowest BCUT2D eigenvalue weighted by Gasteiger charge is -2.20. The number of hydrogen-bond donors (Lipinski definition) is 1. The van der Waals surface area contributed by atoms with E-state index in [4.69, 9.17) is 4.74 Å². The zero-order valence-electron chi connectivity index (χ0n) is 8.44. The minimum atomic E-state index is 0.224. The highest BCUT2D eigenvalue weighted by Crippen LogP contribution is 2.15. The first-order chi connectivity index (χ1) is 6.86. The number of pyridine rings is 1. The number of nitrogens with zero attached hydrogens (tertiary/aromatic N) is 1. The lowest BCUT2D eigenvalue weighted by Crippen LogP contribution is -2.36. The van der Waals surface area contributed by atoms with Gasteiger partial charge in [0, 0.05) is 12.2 Å². The topological polar surface area (TPSA) is 34.1 Å². The molecule has 1 fully saturated rings. The Kier molecular flexibility index (Phi) is 2.99. The van der Waals surface area contributed by atoms with Gasteiger partial charge in [-0.15, -0.1) is 0 Å². The van der Waals surface area contributed by atoms with Crippen molar-refractivity contribution < 1.29 is 4.74 Å². The number of nitrogens with one attached hydrogen (secondary N) is 1. The zero-order valence-corrected chi connectivity index (χ0v) is 8.44. The number of hydrogen-bond acceptors (Lipinski definition) is 3. The largest absolute Gasteiger partial charge is 0.487 e. The molecule has 0 bridgehead atoms. The van der Waals surface area contributed by atoms with Gasteiger partial charge in [0.2, 0.25) is 0 Å². The van der Waals surface area contributed by atoms with Crippen LogP contribution in [0.3, 0.4) is 0 Å². The predicted molar refractivity (Wildman–Crippen MR) is 55.4 cm³/mol. The Morgan fingerprint density at radius 2 is 2.57 bits per heavy atom. The molecule has 3 heteroatoms. The van der Waals surface area contributed by atoms with Gasteiger partial charge in [0.1, 0.15) is 11.9 Å². The van der Waals surface area contributed by atoms with E-state index in [1.807, 2.05) is 12.1 Å². The molecule has 0 amide bonds. The highest BCUT2D eigenvalue weighted by atomic mass is 16.5. The lowest BCUT2D eigenvalue weighted by molar-refractivity contribution is 0.179. The maximum atomic E-state index is 5.77. The van der Waals surface area contributed by atoms with Gasteiger partial charge in [-0.1, -0.05) is 0 Å². The van der Waals surface area contributed by atoms with Crippen molar-refractivity contribution in [3.63, 3.8) is 0 Å². The molecule has 1 aliphatic rings. The van der Waals surface area contributed by atoms with E-state index in [2.05, 4.69) is 17.2 Å². The van der Waals surface area contributed by atoms with Crippen molar-refractivity contribution in [3.8, 4) is 5.75 Å². The Balaban J connectivity index is 1.90. The number of rotatable bonds is 3. The quantitative estimate of drug-likeness (QED) is 0.790. The van der Waals surface area contributed by atoms with Crippen LogP contribution in [0.1, 0.15) is 19.8 Å². The van der Waals surface area contributed by atoms with Gasteiger partial charge in [-0.3, -0.25) is 4.98 Å². The summed E-state index contributed by atoms with van der Waals surface area (Å²) in [6.45, 7) is 3.22. The molecule has 1 N–H and O–H groups in total. The van der Waals surface area contributed by atoms with Crippen LogP contribution in [-0.4, -0.2) is 23.7 Å². The molecule has 76 valence electrons. The summed E-state index contributed by atoms with van der Waals surface area (Å²) in [5.74, 6) is 0.855. The molecular formula is C11H16N2O. The van der Waals surface area contributed by atoms with Crippen LogP contribution >= 0.6 is 0 Å². The van der Waals surface area contributed by atoms with Crippen molar-refractivity contribution in [2.24, 2.45) is 0 Å². The highest BCUT2D eigenvalue weighted by molar-refractivity contribution is 5.16. The van der Waals surface area contributed by atoms with Crippen LogP contribution in [0.25, 0.3) is 0 Å². The molecular weight excluding hydrogens is 176 g/mol. The van der Waals surface area contributed by atoms with Crippen molar-refractivity contribution in [2.45, 2.75) is 31.9 Å². The molecule has 0 spiro atoms. The standard InChI is InChI=1S/C11H16N2O/c1-9(11-5-3-7-13-11)14-10-4-2-6-12-8-10/h2,4,6,8-9,11,13H,3,5,7H2,1H3/t9?,11-/m0/s1. The summed E-state index contributed by atoms with van der Waals surface area (Å²) < 4.78 is 5.77. The van der Waals surface area contributed by atoms with Crippen LogP contribution < -0.4 is 10.1 Å². The second-order valence-corrected chi connectivity index (χ2v) is 3.71. The molecule has 2 atom stereocenters. The van der Waals surface area contributed by atoms with E-state index in [0.717, 1.165) is 12.3 Å². The molecule has 1 aromatic heterocycles. The highest BCUT2D eigenvalue weighted by Gasteiger charge is 2.21. The van der Waals surface area contributed by atoms with Crippen LogP contribution in [0.2, 0.25) is 0 Å². The van der Waals surface area contributed by atoms with E-state index in [1.54, 1.807) is 12.4 Å². The molecule has 2 heterocycles. The first-order valence-electron chi connectivity index (χ1n) is 5.16. The van der Waals surface area contributed by atoms with E-state index in [9.17, 15) is 0 Å². The predicted octanol–water partition coefficient (Wildman–Crippen LogP) is 1.60. The monoisotopic (exact) mass is 192 g/mol. The summed E-state index contributed by atoms with van der Waals surface area (Å²) in [6, 6.07) is 4.33. The van der Waals surface area contributed by atoms with Gasteiger partial charge in [-0.25, -0.2) is 0 Å². The fourth-order valence-corrected chi connectivity index (χ4v) is 1.83. The SMILES string of the molecule is CC(Oc1cccnc1)[C@@H]1CCCN1. The Labute approximate surface area is 84.5 Å². The fraction of sp³-hybridized carbons (Fsp3) is 0.545. The average Bonchev–Trinajstić information content (AvgIpc) is 2.72. The summed E-state index contributed by atoms with van der Waals surface area (Å²) in [4.78, 5) is 4.02. The Morgan fingerprint density at radius 1 is 1.64 bits per heavy atom. The van der Waals surface area contributed by atoms with E-state index in [-0.39, 0.29) is 6.10 Å². The minimum Gasteiger partial charge on any atom is -0.487 e. The van der Waals surface area contributed by atoms with Gasteiger partial charge in [-0.05, 0) is 38.4 Å². The number of aromatic nitrogens is 1. The van der Waals surface area contributed by atoms with E-state index < -0.39 is 0 Å². The lowest BCUT2D eigenvalue weighted by atomic mass is 10.1. The summed E-state index contributed by atoms with van der Waals surface area (Å²) in [5.41, 5.74) is 0. The van der Waals surface area contributed by atoms with Crippen LogP contribution in [0, 0.1) is 0 Å². The second-order valence-electron chi connectivity index (χ2n) is 3.71. The summed E-state index contributed by atoms with van der Waals surface area (Å²) in [5, 5.41) is 3.43. The van der Waals surface area contributed by atoms with Gasteiger partial charge in [0.05, 0.1) is 6.20 Å². The average molecular weight is 192 g/mol. The third-order valence-corrected chi connectivity index (χ3v) is 2.62. The molecule has 0 aliphatic carbocycles. The van der Waals surface area contributed by atoms with Gasteiger partial charge in [-0.2, -0.15) is 0 Å². The van der Waals surface area contributed by atoms with Gasteiger partial charge in [0.15, 0.2) is 0 Å². The molecule has 1 aromatic rings. The summed E-state index contributed by atoms with van der Waals surface area (Å²) in [7, 11) is 0. The first-order valence-corrected chi connectivity index (χ1v) is 5.16. The minimum absolute atomic E-state index is 0.224. The molecule has 2 rings (SSSR count). The number of ether oxygens (including phenoxy) is 1. The van der Waals surface area contributed by atoms with Crippen molar-refractivity contribution in [1.82, 2.24) is 10.3 Å². The van der Waals surface area contributed by atoms with Gasteiger partial charge < -0.3 is 10.1 Å². The third-order valence-electron chi connectivity index (χ3n) is 2.62. The van der Waals surface area contributed by atoms with Crippen molar-refractivity contribution in [3.05, 3.63) is 24.5 Å². The molecule has 1 unspecified atom stereocenters. The molecule has 1 saturated heterocycles. The maximum Gasteiger partial charge on any atom is 0.138 e. The van der Waals surface area contributed by atoms with Crippen molar-refractivity contribution >= 4 is 0 Å². The molecule has 0 saturated carbocycles. The summed E-state index contributed by atoms with van der Waals surface area (Å²) in [6.07, 6.45) is 6.20. The van der Waals surface area contributed by atoms with Crippen LogP contribution in [0.15, 0.2) is 24.5 Å². The van der Waals surface area contributed by atoms with Crippen molar-refractivity contribution in [1.29, 1.82) is 0 Å². The smallest absolute Gasteiger partial charge is 0.138 e. The molecule has 1 aliphatic heterocycles. The van der Waals surface area contributed by atoms with Crippen molar-refractivity contribution in [2.75, 3.05) is 6.54 Å². The van der Waals surface area contributed by atoms with Crippen LogP contribution in [0.4, 0.5) is 0 Å². The van der Waals surface area contributed by atoms with E-state index in [0.29, 0.717) is 6.04 Å². The van der Waals surface area contributed by atoms with Crippen LogP contribution in [0.5, 0.6) is 5.75 Å². The molecule has 0 aromatic carbocycles. The zero-order chi connectivity index (χ0) is 9.80. The second kappa shape index (κ2) is 4.42. The third kappa shape index (κ3) is 2.23. The Morgan fingerprint density at radius 3 is 3.21 bits per heavy atom. The Hall–Kier alpha value is -1.09. The molecule has 3 nitrogen and oxygen atoms in total. The van der Waals surface area contributed by atoms with E-state index in [1.165, 1.54) is 12.8 Å². The first kappa shape index (κ1) is 9.46. The molecule has 14 heavy (non-hydrogen) atoms. The maximum absolute atomic E-state index is 5.77. The fourth-order valence-electron chi connectivity index (χ4n) is 1.83.